The van der Waals surface area contributed by atoms with Crippen molar-refractivity contribution in [2.24, 2.45) is 0 Å². The van der Waals surface area contributed by atoms with Gasteiger partial charge in [-0.2, -0.15) is 11.1 Å². The summed E-state index contributed by atoms with van der Waals surface area (Å²) in [5.41, 5.74) is 11.3. The number of para-hydroxylation sites is 4. The molecule has 0 aliphatic carbocycles. The third-order valence-electron chi connectivity index (χ3n) is 13.8. The van der Waals surface area contributed by atoms with Gasteiger partial charge in [0.25, 0.3) is 0 Å². The van der Waals surface area contributed by atoms with Crippen molar-refractivity contribution in [2.45, 2.75) is 158 Å². The number of carbonyl (C=O) groups is 4. The molecule has 0 spiro atoms. The molecule has 0 saturated carbocycles. The summed E-state index contributed by atoms with van der Waals surface area (Å²) in [5.74, 6) is -1.69. The topological polar surface area (TPSA) is 81.2 Å². The molecule has 2 heterocycles. The number of benzene rings is 5. The molecule has 7 rings (SSSR count). The van der Waals surface area contributed by atoms with Crippen LogP contribution in [0.15, 0.2) is 97.1 Å². The number of amides is 4. The molecular formula is C62H72N4O4-2. The Morgan fingerprint density at radius 2 is 0.443 bits per heavy atom. The molecule has 8 nitrogen and oxygen atoms in total. The molecule has 0 N–H and O–H groups in total. The van der Waals surface area contributed by atoms with Gasteiger partial charge >= 0.3 is 0 Å². The van der Waals surface area contributed by atoms with E-state index in [2.05, 4.69) is 124 Å². The fourth-order valence-electron chi connectivity index (χ4n) is 10.00. The summed E-state index contributed by atoms with van der Waals surface area (Å²) in [6.07, 6.45) is 0. The Morgan fingerprint density at radius 1 is 0.286 bits per heavy atom. The van der Waals surface area contributed by atoms with E-state index in [0.717, 1.165) is 44.5 Å². The van der Waals surface area contributed by atoms with Crippen LogP contribution in [0.5, 0.6) is 0 Å². The van der Waals surface area contributed by atoms with Crippen LogP contribution in [0, 0.1) is 25.2 Å². The van der Waals surface area contributed by atoms with Crippen molar-refractivity contribution in [3.8, 4) is 0 Å². The highest BCUT2D eigenvalue weighted by atomic mass is 16.2. The molecule has 70 heavy (non-hydrogen) atoms. The zero-order valence-corrected chi connectivity index (χ0v) is 44.3. The first-order valence-electron chi connectivity index (χ1n) is 25.3. The molecule has 0 unspecified atom stereocenters. The van der Waals surface area contributed by atoms with Gasteiger partial charge in [-0.05, 0) is 91.9 Å². The maximum absolute atomic E-state index is 15.4. The lowest BCUT2D eigenvalue weighted by Gasteiger charge is -2.45. The Morgan fingerprint density at radius 3 is 0.586 bits per heavy atom. The fraction of sp³-hybridized carbons (Fsp3) is 0.387. The van der Waals surface area contributed by atoms with Crippen LogP contribution in [0.3, 0.4) is 0 Å². The first-order valence-corrected chi connectivity index (χ1v) is 25.3. The normalized spacial score (nSPS) is 15.1. The zero-order valence-electron chi connectivity index (χ0n) is 44.3. The monoisotopic (exact) mass is 937 g/mol. The second kappa shape index (κ2) is 20.6. The average Bonchev–Trinajstić information content (AvgIpc) is 3.31. The second-order valence-electron chi connectivity index (χ2n) is 21.5. The highest BCUT2D eigenvalue weighted by Crippen LogP contribution is 2.47. The Hall–Kier alpha value is -6.28. The average molecular weight is 937 g/mol. The van der Waals surface area contributed by atoms with Gasteiger partial charge in [-0.25, -0.2) is 24.3 Å². The molecule has 0 bridgehead atoms. The number of hydrogen-bond donors (Lipinski definition) is 0. The Labute approximate surface area is 419 Å². The van der Waals surface area contributed by atoms with E-state index < -0.39 is 23.6 Å². The van der Waals surface area contributed by atoms with Crippen LogP contribution in [0.25, 0.3) is 0 Å². The van der Waals surface area contributed by atoms with Crippen LogP contribution in [0.2, 0.25) is 0 Å². The summed E-state index contributed by atoms with van der Waals surface area (Å²) in [4.78, 5) is 67.7. The van der Waals surface area contributed by atoms with Crippen molar-refractivity contribution in [3.63, 3.8) is 0 Å². The van der Waals surface area contributed by atoms with E-state index in [4.69, 9.17) is 0 Å². The SMILES string of the molecule is CC(C)c1cccc(C(C)C)c1N1[C]N(c2c(C(C)C)cccc2C(C)C)C(=O)[C-](c2ccc([C-]3C(=O)N(c4c(C(C)C)cccc4C(C)C)[C]N(c4c(C(C)C)cccc4C(C)C)C3=O)cc2)C1=O. The largest absolute Gasteiger partial charge is 0.286 e. The van der Waals surface area contributed by atoms with Crippen molar-refractivity contribution in [2.75, 3.05) is 19.6 Å². The van der Waals surface area contributed by atoms with E-state index in [9.17, 15) is 0 Å². The maximum atomic E-state index is 15.4. The van der Waals surface area contributed by atoms with Gasteiger partial charge in [-0.1, -0.05) is 184 Å². The van der Waals surface area contributed by atoms with Gasteiger partial charge < -0.3 is 0 Å². The van der Waals surface area contributed by atoms with Crippen molar-refractivity contribution >= 4 is 46.4 Å². The number of hydrogen-bond acceptors (Lipinski definition) is 4. The third-order valence-corrected chi connectivity index (χ3v) is 13.8. The molecule has 2 aliphatic heterocycles. The first kappa shape index (κ1) is 51.6. The lowest BCUT2D eigenvalue weighted by atomic mass is 9.85. The Kier molecular flexibility index (Phi) is 15.2. The minimum atomic E-state index is -0.505. The van der Waals surface area contributed by atoms with E-state index in [-0.39, 0.29) is 59.2 Å². The number of rotatable bonds is 14. The van der Waals surface area contributed by atoms with Crippen LogP contribution < -0.4 is 19.6 Å². The summed E-state index contributed by atoms with van der Waals surface area (Å²) in [6, 6.07) is 31.3. The molecule has 2 saturated heterocycles. The summed E-state index contributed by atoms with van der Waals surface area (Å²) in [6.45, 7) is 40.4. The van der Waals surface area contributed by atoms with E-state index in [1.165, 1.54) is 0 Å². The molecule has 2 aliphatic rings. The smallest absolute Gasteiger partial charge is 0.222 e. The zero-order chi connectivity index (χ0) is 51.2. The van der Waals surface area contributed by atoms with Crippen LogP contribution >= 0.6 is 0 Å². The van der Waals surface area contributed by atoms with Crippen LogP contribution in [-0.4, -0.2) is 23.6 Å². The molecule has 366 valence electrons. The van der Waals surface area contributed by atoms with Crippen molar-refractivity contribution in [1.29, 1.82) is 0 Å². The van der Waals surface area contributed by atoms with Gasteiger partial charge in [0.2, 0.25) is 37.0 Å². The van der Waals surface area contributed by atoms with Crippen molar-refractivity contribution in [3.05, 3.63) is 178 Å². The highest BCUT2D eigenvalue weighted by Gasteiger charge is 2.44. The summed E-state index contributed by atoms with van der Waals surface area (Å²) < 4.78 is 0. The quantitative estimate of drug-likeness (QED) is 0.104. The molecule has 5 aromatic carbocycles. The fourth-order valence-corrected chi connectivity index (χ4v) is 10.00. The van der Waals surface area contributed by atoms with E-state index in [0.29, 0.717) is 33.9 Å². The lowest BCUT2D eigenvalue weighted by molar-refractivity contribution is -0.126. The molecule has 0 atom stereocenters. The van der Waals surface area contributed by atoms with Gasteiger partial charge in [0.15, 0.2) is 0 Å². The number of anilines is 4. The Bertz CT molecular complexity index is 2310. The van der Waals surface area contributed by atoms with Crippen LogP contribution in [0.4, 0.5) is 22.7 Å². The van der Waals surface area contributed by atoms with E-state index in [1.807, 2.05) is 72.8 Å². The van der Waals surface area contributed by atoms with Gasteiger partial charge in [-0.3, -0.25) is 38.8 Å². The molecule has 4 amide bonds. The molecule has 5 aromatic rings. The van der Waals surface area contributed by atoms with Gasteiger partial charge in [0.1, 0.15) is 0 Å². The number of carbonyl (C=O) groups excluding carboxylic acids is 4. The van der Waals surface area contributed by atoms with E-state index in [1.54, 1.807) is 43.9 Å². The summed E-state index contributed by atoms with van der Waals surface area (Å²) >= 11 is 0. The summed E-state index contributed by atoms with van der Waals surface area (Å²) in [7, 11) is 0. The van der Waals surface area contributed by atoms with Crippen molar-refractivity contribution in [1.82, 2.24) is 0 Å². The highest BCUT2D eigenvalue weighted by molar-refractivity contribution is 6.32. The van der Waals surface area contributed by atoms with Crippen molar-refractivity contribution < 1.29 is 19.2 Å². The maximum Gasteiger partial charge on any atom is 0.222 e. The minimum absolute atomic E-state index is 0.0390. The van der Waals surface area contributed by atoms with Crippen LogP contribution in [0.1, 0.15) is 214 Å². The van der Waals surface area contributed by atoms with Crippen LogP contribution in [-0.2, 0) is 19.2 Å². The molecule has 2 fully saturated rings. The van der Waals surface area contributed by atoms with Gasteiger partial charge in [-0.15, -0.1) is 0 Å². The first-order chi connectivity index (χ1) is 33.1. The minimum Gasteiger partial charge on any atom is -0.286 e. The molecular weight excluding hydrogens is 865 g/mol. The molecule has 8 heteroatoms. The molecule has 4 radical (unpaired) electrons. The predicted molar refractivity (Wildman–Crippen MR) is 286 cm³/mol. The van der Waals surface area contributed by atoms with Gasteiger partial charge in [0.05, 0.1) is 22.7 Å². The summed E-state index contributed by atoms with van der Waals surface area (Å²) in [5, 5.41) is 0. The molecule has 0 aromatic heterocycles. The van der Waals surface area contributed by atoms with E-state index >= 15 is 19.2 Å². The Balaban J connectivity index is 1.43. The number of nitrogens with zero attached hydrogens (tertiary/aromatic N) is 4. The third kappa shape index (κ3) is 9.38. The predicted octanol–water partition coefficient (Wildman–Crippen LogP) is 14.7. The van der Waals surface area contributed by atoms with Gasteiger partial charge in [0, 0.05) is 11.8 Å². The standard InChI is InChI=1S/C62H72N4O4/c1-35(2)45-21-17-22-46(36(3)4)55(45)63-33-64(56-47(37(5)6)23-18-24-48(56)38(7)8)60(68)53(59(63)67)43-29-31-44(32-30-43)54-61(69)65(57-49(39(9)10)25-19-26-50(57)40(11)12)34-66(62(54)70)58-51(41(13)14)27-20-28-52(58)42(15)16/h17-32,35-42H,1-16H3/q-2. The lowest BCUT2D eigenvalue weighted by Crippen LogP contribution is -2.54. The second-order valence-corrected chi connectivity index (χ2v) is 21.5.